The van der Waals surface area contributed by atoms with Crippen LogP contribution in [0.2, 0.25) is 0 Å². The first-order chi connectivity index (χ1) is 4.41. The molecule has 0 aromatic carbocycles. The normalized spacial score (nSPS) is 10.0. The molecule has 0 aliphatic heterocycles. The fourth-order valence-corrected chi connectivity index (χ4v) is 0.204. The van der Waals surface area contributed by atoms with Crippen molar-refractivity contribution in [3.8, 4) is 0 Å². The topological polar surface area (TPSA) is 80.4 Å². The van der Waals surface area contributed by atoms with Crippen molar-refractivity contribution in [2.75, 3.05) is 6.54 Å². The highest BCUT2D eigenvalue weighted by molar-refractivity contribution is 8.09. The molecule has 0 saturated carbocycles. The van der Waals surface area contributed by atoms with E-state index in [1.165, 1.54) is 12.8 Å². The Labute approximate surface area is 65.6 Å². The van der Waals surface area contributed by atoms with Gasteiger partial charge in [0.05, 0.1) is 0 Å². The Morgan fingerprint density at radius 1 is 1.60 bits per heavy atom. The van der Waals surface area contributed by atoms with Crippen LogP contribution in [-0.2, 0) is 9.33 Å². The van der Waals surface area contributed by atoms with Crippen LogP contribution in [-0.4, -0.2) is 19.5 Å². The SMILES string of the molecule is CCCCN.O=S(=O)(O)Cl. The Balaban J connectivity index is 0. The Bertz CT molecular complexity index is 135. The predicted octanol–water partition coefficient (Wildman–Crippen LogP) is 0.773. The molecule has 6 heteroatoms. The fourth-order valence-electron chi connectivity index (χ4n) is 0.204. The molecule has 3 N–H and O–H groups in total. The molecule has 64 valence electrons. The average Bonchev–Trinajstić information content (AvgIpc) is 1.63. The predicted molar refractivity (Wildman–Crippen MR) is 41.4 cm³/mol. The van der Waals surface area contributed by atoms with Gasteiger partial charge in [0.25, 0.3) is 0 Å². The molecule has 0 radical (unpaired) electrons. The molecule has 0 aliphatic carbocycles. The van der Waals surface area contributed by atoms with Crippen LogP contribution < -0.4 is 5.73 Å². The first kappa shape index (κ1) is 12.8. The molecule has 0 spiro atoms. The van der Waals surface area contributed by atoms with Crippen molar-refractivity contribution in [1.82, 2.24) is 0 Å². The van der Waals surface area contributed by atoms with E-state index < -0.39 is 9.33 Å². The molecule has 4 nitrogen and oxygen atoms in total. The molecular formula is C4H12ClNO3S. The monoisotopic (exact) mass is 189 g/mol. The van der Waals surface area contributed by atoms with Gasteiger partial charge in [-0.1, -0.05) is 13.3 Å². The van der Waals surface area contributed by atoms with E-state index in [4.69, 9.17) is 18.7 Å². The molecule has 0 amide bonds. The molecule has 0 aliphatic rings. The van der Waals surface area contributed by atoms with Crippen LogP contribution >= 0.6 is 10.7 Å². The summed E-state index contributed by atoms with van der Waals surface area (Å²) in [7, 11) is -0.137. The number of hydrogen-bond acceptors (Lipinski definition) is 3. The summed E-state index contributed by atoms with van der Waals surface area (Å²) in [6, 6.07) is 0. The molecule has 0 bridgehead atoms. The van der Waals surface area contributed by atoms with Crippen LogP contribution in [0.5, 0.6) is 0 Å². The zero-order chi connectivity index (χ0) is 8.62. The van der Waals surface area contributed by atoms with Crippen molar-refractivity contribution >= 4 is 20.0 Å². The Morgan fingerprint density at radius 2 is 1.90 bits per heavy atom. The first-order valence-electron chi connectivity index (χ1n) is 2.79. The van der Waals surface area contributed by atoms with E-state index in [1.807, 2.05) is 0 Å². The quantitative estimate of drug-likeness (QED) is 0.497. The number of halogens is 1. The van der Waals surface area contributed by atoms with Gasteiger partial charge in [0.2, 0.25) is 0 Å². The Hall–Kier alpha value is 0.160. The minimum absolute atomic E-state index is 0.844. The second-order valence-corrected chi connectivity index (χ2v) is 3.55. The maximum atomic E-state index is 8.95. The van der Waals surface area contributed by atoms with E-state index in [1.54, 1.807) is 0 Å². The van der Waals surface area contributed by atoms with E-state index in [2.05, 4.69) is 17.6 Å². The lowest BCUT2D eigenvalue weighted by Crippen LogP contribution is -1.95. The number of rotatable bonds is 2. The average molecular weight is 190 g/mol. The summed E-state index contributed by atoms with van der Waals surface area (Å²) in [5.41, 5.74) is 5.14. The zero-order valence-corrected chi connectivity index (χ0v) is 7.32. The third kappa shape index (κ3) is 89.7. The zero-order valence-electron chi connectivity index (χ0n) is 5.75. The summed E-state index contributed by atoms with van der Waals surface area (Å²) in [5.74, 6) is 0. The van der Waals surface area contributed by atoms with Crippen LogP contribution in [0.4, 0.5) is 0 Å². The molecule has 10 heavy (non-hydrogen) atoms. The highest BCUT2D eigenvalue weighted by atomic mass is 35.7. The summed E-state index contributed by atoms with van der Waals surface area (Å²) in [5, 5.41) is 0. The van der Waals surface area contributed by atoms with Crippen molar-refractivity contribution in [1.29, 1.82) is 0 Å². The maximum Gasteiger partial charge on any atom is 0.353 e. The Morgan fingerprint density at radius 3 is 1.90 bits per heavy atom. The highest BCUT2D eigenvalue weighted by Gasteiger charge is 1.86. The summed E-state index contributed by atoms with van der Waals surface area (Å²) in [4.78, 5) is 0. The molecular weight excluding hydrogens is 178 g/mol. The van der Waals surface area contributed by atoms with Gasteiger partial charge in [-0.05, 0) is 13.0 Å². The number of unbranched alkanes of at least 4 members (excludes halogenated alkanes) is 1. The Kier molecular flexibility index (Phi) is 9.31. The van der Waals surface area contributed by atoms with E-state index in [-0.39, 0.29) is 0 Å². The van der Waals surface area contributed by atoms with Gasteiger partial charge in [0, 0.05) is 10.7 Å². The van der Waals surface area contributed by atoms with Gasteiger partial charge in [-0.2, -0.15) is 8.42 Å². The first-order valence-corrected chi connectivity index (χ1v) is 5.05. The van der Waals surface area contributed by atoms with Crippen molar-refractivity contribution < 1.29 is 13.0 Å². The number of hydrogen-bond donors (Lipinski definition) is 2. The molecule has 0 saturated heterocycles. The van der Waals surface area contributed by atoms with E-state index >= 15 is 0 Å². The van der Waals surface area contributed by atoms with E-state index in [0.29, 0.717) is 0 Å². The van der Waals surface area contributed by atoms with Crippen LogP contribution in [0, 0.1) is 0 Å². The van der Waals surface area contributed by atoms with Gasteiger partial charge in [0.15, 0.2) is 0 Å². The molecule has 0 rings (SSSR count). The van der Waals surface area contributed by atoms with Crippen molar-refractivity contribution in [3.63, 3.8) is 0 Å². The number of nitrogens with two attached hydrogens (primary N) is 1. The molecule has 0 atom stereocenters. The lowest BCUT2D eigenvalue weighted by atomic mass is 10.3. The molecule has 0 heterocycles. The third-order valence-corrected chi connectivity index (χ3v) is 0.558. The lowest BCUT2D eigenvalue weighted by molar-refractivity contribution is 0.501. The van der Waals surface area contributed by atoms with Crippen LogP contribution in [0.1, 0.15) is 19.8 Å². The van der Waals surface area contributed by atoms with Crippen LogP contribution in [0.15, 0.2) is 0 Å². The lowest BCUT2D eigenvalue weighted by Gasteiger charge is -1.80. The largest absolute Gasteiger partial charge is 0.353 e. The van der Waals surface area contributed by atoms with E-state index in [9.17, 15) is 0 Å². The minimum Gasteiger partial charge on any atom is -0.330 e. The van der Waals surface area contributed by atoms with Gasteiger partial charge in [-0.3, -0.25) is 4.55 Å². The van der Waals surface area contributed by atoms with Crippen molar-refractivity contribution in [3.05, 3.63) is 0 Å². The van der Waals surface area contributed by atoms with Crippen molar-refractivity contribution in [2.24, 2.45) is 5.73 Å². The summed E-state index contributed by atoms with van der Waals surface area (Å²) >= 11 is 0. The highest BCUT2D eigenvalue weighted by Crippen LogP contribution is 1.82. The third-order valence-electron chi connectivity index (χ3n) is 0.558. The van der Waals surface area contributed by atoms with Gasteiger partial charge in [-0.25, -0.2) is 0 Å². The summed E-state index contributed by atoms with van der Waals surface area (Å²) in [6.45, 7) is 2.98. The van der Waals surface area contributed by atoms with Gasteiger partial charge in [0.1, 0.15) is 0 Å². The van der Waals surface area contributed by atoms with Gasteiger partial charge in [-0.15, -0.1) is 0 Å². The molecule has 0 unspecified atom stereocenters. The second kappa shape index (κ2) is 7.27. The molecule has 0 fully saturated rings. The summed E-state index contributed by atoms with van der Waals surface area (Å²) in [6.07, 6.45) is 2.39. The van der Waals surface area contributed by atoms with Crippen LogP contribution in [0.25, 0.3) is 0 Å². The van der Waals surface area contributed by atoms with Gasteiger partial charge < -0.3 is 5.73 Å². The van der Waals surface area contributed by atoms with Gasteiger partial charge >= 0.3 is 9.33 Å². The molecule has 0 aromatic heterocycles. The molecule has 0 aromatic rings. The fraction of sp³-hybridized carbons (Fsp3) is 1.00. The summed E-state index contributed by atoms with van der Waals surface area (Å²) < 4.78 is 25.2. The second-order valence-electron chi connectivity index (χ2n) is 1.55. The van der Waals surface area contributed by atoms with Crippen LogP contribution in [0.3, 0.4) is 0 Å². The maximum absolute atomic E-state index is 8.95. The van der Waals surface area contributed by atoms with E-state index in [0.717, 1.165) is 6.54 Å². The smallest absolute Gasteiger partial charge is 0.330 e. The standard InChI is InChI=1S/C4H11N.ClHO3S/c1-2-3-4-5;1-5(2,3)4/h2-5H2,1H3;(H,2,3,4). The van der Waals surface area contributed by atoms with Crippen molar-refractivity contribution in [2.45, 2.75) is 19.8 Å². The minimum atomic E-state index is -4.19.